The summed E-state index contributed by atoms with van der Waals surface area (Å²) in [5, 5.41) is 12.6. The molecule has 2 N–H and O–H groups in total. The Kier molecular flexibility index (Phi) is 2.98. The molecule has 2 aromatic rings. The van der Waals surface area contributed by atoms with Crippen LogP contribution in [-0.4, -0.2) is 4.92 Å². The van der Waals surface area contributed by atoms with E-state index in [2.05, 4.69) is 0 Å². The molecule has 2 rings (SSSR count). The van der Waals surface area contributed by atoms with Gasteiger partial charge in [-0.1, -0.05) is 18.2 Å². The molecule has 0 radical (unpaired) electrons. The number of nitro groups is 1. The van der Waals surface area contributed by atoms with Crippen molar-refractivity contribution in [3.63, 3.8) is 0 Å². The largest absolute Gasteiger partial charge is 0.320 e. The molecule has 1 aromatic carbocycles. The Morgan fingerprint density at radius 2 is 2.12 bits per heavy atom. The van der Waals surface area contributed by atoms with E-state index >= 15 is 0 Å². The Hall–Kier alpha value is -1.72. The third-order valence-corrected chi connectivity index (χ3v) is 3.25. The van der Waals surface area contributed by atoms with Gasteiger partial charge in [0.25, 0.3) is 5.69 Å². The number of hydrogen-bond acceptors (Lipinski definition) is 4. The lowest BCUT2D eigenvalue weighted by atomic mass is 10.1. The van der Waals surface area contributed by atoms with E-state index in [1.807, 2.05) is 17.5 Å². The van der Waals surface area contributed by atoms with Gasteiger partial charge in [0, 0.05) is 17.0 Å². The Bertz CT molecular complexity index is 496. The second kappa shape index (κ2) is 4.42. The minimum Gasteiger partial charge on any atom is -0.320 e. The van der Waals surface area contributed by atoms with Gasteiger partial charge in [-0.05, 0) is 17.0 Å². The zero-order chi connectivity index (χ0) is 11.5. The molecule has 0 bridgehead atoms. The van der Waals surface area contributed by atoms with Gasteiger partial charge in [0.2, 0.25) is 0 Å². The molecule has 0 unspecified atom stereocenters. The van der Waals surface area contributed by atoms with Gasteiger partial charge in [-0.3, -0.25) is 10.1 Å². The molecule has 1 aromatic heterocycles. The van der Waals surface area contributed by atoms with Gasteiger partial charge in [-0.2, -0.15) is 0 Å². The van der Waals surface area contributed by atoms with Crippen molar-refractivity contribution in [1.82, 2.24) is 0 Å². The quantitative estimate of drug-likeness (QED) is 0.655. The fraction of sp³-hybridized carbons (Fsp3) is 0.0909. The summed E-state index contributed by atoms with van der Waals surface area (Å²) in [6, 6.07) is 9.98. The maximum atomic E-state index is 10.6. The van der Waals surface area contributed by atoms with E-state index in [4.69, 9.17) is 5.73 Å². The Morgan fingerprint density at radius 3 is 2.75 bits per heavy atom. The molecule has 16 heavy (non-hydrogen) atoms. The molecular formula is C11H10N2O2S. The van der Waals surface area contributed by atoms with Crippen molar-refractivity contribution in [2.75, 3.05) is 0 Å². The fourth-order valence-electron chi connectivity index (χ4n) is 1.46. The molecule has 0 fully saturated rings. The van der Waals surface area contributed by atoms with Gasteiger partial charge in [0.1, 0.15) is 0 Å². The number of non-ortho nitro benzene ring substituents is 1. The highest BCUT2D eigenvalue weighted by Crippen LogP contribution is 2.25. The van der Waals surface area contributed by atoms with Crippen LogP contribution in [0.5, 0.6) is 0 Å². The normalized spacial score (nSPS) is 12.3. The monoisotopic (exact) mass is 234 g/mol. The van der Waals surface area contributed by atoms with Crippen molar-refractivity contribution in [2.45, 2.75) is 6.04 Å². The van der Waals surface area contributed by atoms with Crippen molar-refractivity contribution < 1.29 is 4.92 Å². The summed E-state index contributed by atoms with van der Waals surface area (Å²) in [5.74, 6) is 0. The van der Waals surface area contributed by atoms with Crippen molar-refractivity contribution in [3.05, 3.63) is 62.3 Å². The van der Waals surface area contributed by atoms with Crippen LogP contribution in [0, 0.1) is 10.1 Å². The summed E-state index contributed by atoms with van der Waals surface area (Å²) in [5.41, 5.74) is 6.85. The van der Waals surface area contributed by atoms with E-state index in [0.29, 0.717) is 0 Å². The highest BCUT2D eigenvalue weighted by Gasteiger charge is 2.13. The van der Waals surface area contributed by atoms with Gasteiger partial charge in [0.15, 0.2) is 0 Å². The smallest absolute Gasteiger partial charge is 0.269 e. The summed E-state index contributed by atoms with van der Waals surface area (Å²) in [6.07, 6.45) is 0. The van der Waals surface area contributed by atoms with E-state index in [9.17, 15) is 10.1 Å². The first-order chi connectivity index (χ1) is 7.68. The van der Waals surface area contributed by atoms with Crippen LogP contribution in [0.15, 0.2) is 41.8 Å². The predicted molar refractivity (Wildman–Crippen MR) is 63.4 cm³/mol. The molecule has 0 spiro atoms. The minimum atomic E-state index is -0.412. The number of hydrogen-bond donors (Lipinski definition) is 1. The van der Waals surface area contributed by atoms with Crippen LogP contribution < -0.4 is 5.73 Å². The number of nitrogens with zero attached hydrogens (tertiary/aromatic N) is 1. The Balaban J connectivity index is 2.34. The summed E-state index contributed by atoms with van der Waals surface area (Å²) in [7, 11) is 0. The van der Waals surface area contributed by atoms with Crippen molar-refractivity contribution in [1.29, 1.82) is 0 Å². The summed E-state index contributed by atoms with van der Waals surface area (Å²) in [6.45, 7) is 0. The molecule has 4 nitrogen and oxygen atoms in total. The van der Waals surface area contributed by atoms with E-state index in [1.165, 1.54) is 12.1 Å². The van der Waals surface area contributed by atoms with Gasteiger partial charge < -0.3 is 5.73 Å². The molecule has 1 atom stereocenters. The van der Waals surface area contributed by atoms with Crippen LogP contribution in [0.4, 0.5) is 5.69 Å². The van der Waals surface area contributed by atoms with E-state index < -0.39 is 4.92 Å². The maximum absolute atomic E-state index is 10.6. The van der Waals surface area contributed by atoms with Crippen molar-refractivity contribution in [3.8, 4) is 0 Å². The van der Waals surface area contributed by atoms with Crippen LogP contribution in [-0.2, 0) is 0 Å². The third-order valence-electron chi connectivity index (χ3n) is 2.29. The molecule has 0 saturated heterocycles. The average Bonchev–Trinajstić information content (AvgIpc) is 2.81. The molecule has 1 heterocycles. The molecule has 0 aliphatic heterocycles. The predicted octanol–water partition coefficient (Wildman–Crippen LogP) is 2.70. The van der Waals surface area contributed by atoms with Crippen LogP contribution in [0.1, 0.15) is 16.5 Å². The van der Waals surface area contributed by atoms with Crippen LogP contribution >= 0.6 is 11.3 Å². The number of benzene rings is 1. The number of rotatable bonds is 3. The first-order valence-corrected chi connectivity index (χ1v) is 5.60. The Morgan fingerprint density at radius 1 is 1.31 bits per heavy atom. The molecular weight excluding hydrogens is 224 g/mol. The lowest BCUT2D eigenvalue weighted by molar-refractivity contribution is -0.384. The zero-order valence-corrected chi connectivity index (χ0v) is 9.18. The van der Waals surface area contributed by atoms with Crippen molar-refractivity contribution in [2.24, 2.45) is 5.73 Å². The fourth-order valence-corrected chi connectivity index (χ4v) is 2.22. The zero-order valence-electron chi connectivity index (χ0n) is 8.37. The standard InChI is InChI=1S/C11H10N2O2S/c12-11(10-5-2-6-16-10)8-3-1-4-9(7-8)13(14)15/h1-7,11H,12H2/t11-/m1/s1. The van der Waals surface area contributed by atoms with Crippen molar-refractivity contribution >= 4 is 17.0 Å². The average molecular weight is 234 g/mol. The molecule has 0 amide bonds. The minimum absolute atomic E-state index is 0.0736. The van der Waals surface area contributed by atoms with Crippen LogP contribution in [0.2, 0.25) is 0 Å². The maximum Gasteiger partial charge on any atom is 0.269 e. The molecule has 5 heteroatoms. The molecule has 82 valence electrons. The Labute approximate surface area is 96.5 Å². The lowest BCUT2D eigenvalue weighted by Crippen LogP contribution is -2.10. The second-order valence-electron chi connectivity index (χ2n) is 3.35. The molecule has 0 aliphatic carbocycles. The topological polar surface area (TPSA) is 69.2 Å². The van der Waals surface area contributed by atoms with Gasteiger partial charge in [0.05, 0.1) is 11.0 Å². The summed E-state index contributed by atoms with van der Waals surface area (Å²) < 4.78 is 0. The number of nitrogens with two attached hydrogens (primary N) is 1. The van der Waals surface area contributed by atoms with Crippen LogP contribution in [0.25, 0.3) is 0 Å². The first-order valence-electron chi connectivity index (χ1n) is 4.72. The second-order valence-corrected chi connectivity index (χ2v) is 4.32. The molecule has 0 saturated carbocycles. The SMILES string of the molecule is N[C@H](c1cccc([N+](=O)[O-])c1)c1cccs1. The molecule has 0 aliphatic rings. The van der Waals surface area contributed by atoms with Gasteiger partial charge in [-0.25, -0.2) is 0 Å². The first kappa shape index (κ1) is 10.8. The summed E-state index contributed by atoms with van der Waals surface area (Å²) in [4.78, 5) is 11.2. The highest BCUT2D eigenvalue weighted by molar-refractivity contribution is 7.10. The van der Waals surface area contributed by atoms with E-state index in [1.54, 1.807) is 23.5 Å². The number of nitro benzene ring substituents is 1. The highest BCUT2D eigenvalue weighted by atomic mass is 32.1. The lowest BCUT2D eigenvalue weighted by Gasteiger charge is -2.09. The van der Waals surface area contributed by atoms with Crippen LogP contribution in [0.3, 0.4) is 0 Å². The summed E-state index contributed by atoms with van der Waals surface area (Å²) >= 11 is 1.55. The van der Waals surface area contributed by atoms with Gasteiger partial charge >= 0.3 is 0 Å². The number of thiophene rings is 1. The third kappa shape index (κ3) is 2.10. The van der Waals surface area contributed by atoms with E-state index in [0.717, 1.165) is 10.4 Å². The van der Waals surface area contributed by atoms with E-state index in [-0.39, 0.29) is 11.7 Å². The van der Waals surface area contributed by atoms with Gasteiger partial charge in [-0.15, -0.1) is 11.3 Å².